The second-order valence-corrected chi connectivity index (χ2v) is 8.57. The molecule has 5 atom stereocenters. The van der Waals surface area contributed by atoms with E-state index in [1.165, 1.54) is 43.7 Å². The second kappa shape index (κ2) is 6.34. The van der Waals surface area contributed by atoms with E-state index >= 15 is 0 Å². The van der Waals surface area contributed by atoms with Gasteiger partial charge in [0.2, 0.25) is 0 Å². The zero-order valence-electron chi connectivity index (χ0n) is 15.7. The molecule has 3 aliphatic carbocycles. The third-order valence-corrected chi connectivity index (χ3v) is 7.47. The lowest BCUT2D eigenvalue weighted by Crippen LogP contribution is -2.49. The van der Waals surface area contributed by atoms with Gasteiger partial charge in [0.05, 0.1) is 7.11 Å². The van der Waals surface area contributed by atoms with E-state index in [1.54, 1.807) is 7.11 Å². The molecule has 0 amide bonds. The van der Waals surface area contributed by atoms with Gasteiger partial charge in [-0.1, -0.05) is 19.1 Å². The zero-order chi connectivity index (χ0) is 17.6. The lowest BCUT2D eigenvalue weighted by molar-refractivity contribution is -0.153. The molecule has 0 spiro atoms. The first-order chi connectivity index (χ1) is 12.0. The lowest BCUT2D eigenvalue weighted by atomic mass is 9.49. The summed E-state index contributed by atoms with van der Waals surface area (Å²) in [7, 11) is 1.79. The smallest absolute Gasteiger partial charge is 0.302 e. The molecule has 2 fully saturated rings. The van der Waals surface area contributed by atoms with Gasteiger partial charge in [-0.15, -0.1) is 0 Å². The third kappa shape index (κ3) is 2.76. The summed E-state index contributed by atoms with van der Waals surface area (Å²) in [5, 5.41) is 0. The fourth-order valence-corrected chi connectivity index (χ4v) is 6.29. The highest BCUT2D eigenvalue weighted by Gasteiger charge is 2.52. The van der Waals surface area contributed by atoms with Crippen molar-refractivity contribution in [1.29, 1.82) is 0 Å². The first-order valence-electron chi connectivity index (χ1n) is 9.86. The van der Waals surface area contributed by atoms with Crippen LogP contribution >= 0.6 is 0 Å². The van der Waals surface area contributed by atoms with E-state index in [1.807, 2.05) is 0 Å². The average Bonchev–Trinajstić information content (AvgIpc) is 2.60. The quantitative estimate of drug-likeness (QED) is 0.719. The fraction of sp³-hybridized carbons (Fsp3) is 0.682. The van der Waals surface area contributed by atoms with E-state index in [0.29, 0.717) is 17.3 Å². The fourth-order valence-electron chi connectivity index (χ4n) is 6.29. The van der Waals surface area contributed by atoms with Gasteiger partial charge in [-0.2, -0.15) is 0 Å². The van der Waals surface area contributed by atoms with Crippen molar-refractivity contribution in [2.45, 2.75) is 70.8 Å². The Morgan fingerprint density at radius 1 is 1.20 bits per heavy atom. The van der Waals surface area contributed by atoms with Crippen LogP contribution < -0.4 is 4.74 Å². The Morgan fingerprint density at radius 2 is 2.04 bits per heavy atom. The van der Waals surface area contributed by atoms with Gasteiger partial charge >= 0.3 is 5.97 Å². The van der Waals surface area contributed by atoms with Crippen molar-refractivity contribution in [3.63, 3.8) is 0 Å². The molecule has 136 valence electrons. The van der Waals surface area contributed by atoms with Gasteiger partial charge in [-0.3, -0.25) is 4.79 Å². The van der Waals surface area contributed by atoms with Gasteiger partial charge in [0.25, 0.3) is 0 Å². The molecule has 3 heteroatoms. The Labute approximate surface area is 151 Å². The Kier molecular flexibility index (Phi) is 4.29. The maximum absolute atomic E-state index is 11.3. The van der Waals surface area contributed by atoms with E-state index < -0.39 is 0 Å². The summed E-state index contributed by atoms with van der Waals surface area (Å²) in [5.41, 5.74) is 3.37. The van der Waals surface area contributed by atoms with Crippen LogP contribution in [0.25, 0.3) is 0 Å². The van der Waals surface area contributed by atoms with E-state index in [9.17, 15) is 4.79 Å². The van der Waals surface area contributed by atoms with Crippen LogP contribution in [0.5, 0.6) is 5.75 Å². The van der Waals surface area contributed by atoms with Crippen molar-refractivity contribution in [2.24, 2.45) is 17.3 Å². The zero-order valence-corrected chi connectivity index (χ0v) is 15.7. The lowest BCUT2D eigenvalue weighted by Gasteiger charge is -2.56. The number of methoxy groups -OCH3 is 1. The molecule has 0 aliphatic heterocycles. The minimum absolute atomic E-state index is 0.124. The van der Waals surface area contributed by atoms with Crippen LogP contribution in [0.3, 0.4) is 0 Å². The number of carbonyl (C=O) groups is 1. The molecule has 2 saturated carbocycles. The maximum Gasteiger partial charge on any atom is 0.302 e. The molecule has 3 aliphatic rings. The number of hydrogen-bond donors (Lipinski definition) is 0. The molecule has 0 saturated heterocycles. The van der Waals surface area contributed by atoms with Crippen molar-refractivity contribution >= 4 is 5.97 Å². The van der Waals surface area contributed by atoms with E-state index in [4.69, 9.17) is 9.47 Å². The maximum atomic E-state index is 11.3. The van der Waals surface area contributed by atoms with Gasteiger partial charge in [0, 0.05) is 6.92 Å². The molecule has 1 aromatic carbocycles. The van der Waals surface area contributed by atoms with Crippen LogP contribution in [0.1, 0.15) is 69.4 Å². The molecule has 0 heterocycles. The van der Waals surface area contributed by atoms with Crippen LogP contribution in [-0.4, -0.2) is 19.2 Å². The predicted molar refractivity (Wildman–Crippen MR) is 97.8 cm³/mol. The SMILES string of the molecule is COc1cccc2c1CCC1[C@H]2CC[C@@H]2C[C@H](OC(C)=O)CCC12C. The minimum atomic E-state index is -0.124. The molecular formula is C22H30O3. The molecule has 2 unspecified atom stereocenters. The average molecular weight is 342 g/mol. The highest BCUT2D eigenvalue weighted by atomic mass is 16.5. The Bertz CT molecular complexity index is 667. The van der Waals surface area contributed by atoms with Crippen LogP contribution in [0.15, 0.2) is 18.2 Å². The standard InChI is InChI=1S/C22H30O3/c1-14(23)25-16-11-12-22(2)15(13-16)7-8-18-17-5-4-6-21(24-3)19(17)9-10-20(18)22/h4-6,15-16,18,20H,7-13H2,1-3H3/t15-,16-,18+,20?,22?/m1/s1. The second-order valence-electron chi connectivity index (χ2n) is 8.57. The van der Waals surface area contributed by atoms with Gasteiger partial charge in [0.15, 0.2) is 0 Å². The highest BCUT2D eigenvalue weighted by molar-refractivity contribution is 5.66. The van der Waals surface area contributed by atoms with E-state index in [2.05, 4.69) is 25.1 Å². The minimum Gasteiger partial charge on any atom is -0.496 e. The van der Waals surface area contributed by atoms with Crippen LogP contribution in [0.4, 0.5) is 0 Å². The summed E-state index contributed by atoms with van der Waals surface area (Å²) in [4.78, 5) is 11.3. The van der Waals surface area contributed by atoms with Crippen molar-refractivity contribution in [1.82, 2.24) is 0 Å². The summed E-state index contributed by atoms with van der Waals surface area (Å²) >= 11 is 0. The predicted octanol–water partition coefficient (Wildman–Crippen LogP) is 4.87. The van der Waals surface area contributed by atoms with Crippen LogP contribution in [0, 0.1) is 17.3 Å². The monoisotopic (exact) mass is 342 g/mol. The Hall–Kier alpha value is -1.51. The highest BCUT2D eigenvalue weighted by Crippen LogP contribution is 2.61. The Balaban J connectivity index is 1.60. The van der Waals surface area contributed by atoms with Crippen molar-refractivity contribution in [3.05, 3.63) is 29.3 Å². The molecule has 25 heavy (non-hydrogen) atoms. The first-order valence-corrected chi connectivity index (χ1v) is 9.86. The third-order valence-electron chi connectivity index (χ3n) is 7.47. The van der Waals surface area contributed by atoms with Gasteiger partial charge in [0.1, 0.15) is 11.9 Å². The molecule has 0 aromatic heterocycles. The number of carbonyl (C=O) groups excluding carboxylic acids is 1. The summed E-state index contributed by atoms with van der Waals surface area (Å²) in [6.07, 6.45) is 8.34. The normalized spacial score (nSPS) is 36.6. The first kappa shape index (κ1) is 16.9. The summed E-state index contributed by atoms with van der Waals surface area (Å²) in [5.74, 6) is 3.07. The number of fused-ring (bicyclic) bond motifs is 5. The molecule has 3 nitrogen and oxygen atoms in total. The van der Waals surface area contributed by atoms with Crippen molar-refractivity contribution in [2.75, 3.05) is 7.11 Å². The number of benzene rings is 1. The number of rotatable bonds is 2. The molecule has 4 rings (SSSR count). The largest absolute Gasteiger partial charge is 0.496 e. The van der Waals surface area contributed by atoms with Crippen LogP contribution in [0.2, 0.25) is 0 Å². The van der Waals surface area contributed by atoms with E-state index in [-0.39, 0.29) is 12.1 Å². The summed E-state index contributed by atoms with van der Waals surface area (Å²) in [6.45, 7) is 4.06. The Morgan fingerprint density at radius 3 is 2.80 bits per heavy atom. The molecule has 0 radical (unpaired) electrons. The molecule has 0 N–H and O–H groups in total. The van der Waals surface area contributed by atoms with Gasteiger partial charge in [-0.25, -0.2) is 0 Å². The van der Waals surface area contributed by atoms with Gasteiger partial charge < -0.3 is 9.47 Å². The molecule has 1 aromatic rings. The number of ether oxygens (including phenoxy) is 2. The van der Waals surface area contributed by atoms with Crippen molar-refractivity contribution < 1.29 is 14.3 Å². The molecule has 0 bridgehead atoms. The van der Waals surface area contributed by atoms with Gasteiger partial charge in [-0.05, 0) is 85.3 Å². The summed E-state index contributed by atoms with van der Waals surface area (Å²) < 4.78 is 11.2. The van der Waals surface area contributed by atoms with Crippen LogP contribution in [-0.2, 0) is 16.0 Å². The molecular weight excluding hydrogens is 312 g/mol. The number of hydrogen-bond acceptors (Lipinski definition) is 3. The topological polar surface area (TPSA) is 35.5 Å². The van der Waals surface area contributed by atoms with E-state index in [0.717, 1.165) is 30.9 Å². The summed E-state index contributed by atoms with van der Waals surface area (Å²) in [6, 6.07) is 6.60. The number of esters is 1. The van der Waals surface area contributed by atoms with Crippen molar-refractivity contribution in [3.8, 4) is 5.75 Å².